The van der Waals surface area contributed by atoms with Crippen LogP contribution in [0.1, 0.15) is 59.8 Å². The summed E-state index contributed by atoms with van der Waals surface area (Å²) in [4.78, 5) is 24.8. The summed E-state index contributed by atoms with van der Waals surface area (Å²) in [6.45, 7) is 6.19. The number of rotatable bonds is 2. The average Bonchev–Trinajstić information content (AvgIpc) is 2.99. The van der Waals surface area contributed by atoms with Crippen LogP contribution in [0.4, 0.5) is 5.82 Å². The van der Waals surface area contributed by atoms with Crippen LogP contribution < -0.4 is 5.32 Å². The third kappa shape index (κ3) is 2.85. The molecule has 0 saturated carbocycles. The summed E-state index contributed by atoms with van der Waals surface area (Å²) in [7, 11) is 1.36. The van der Waals surface area contributed by atoms with E-state index in [1.54, 1.807) is 12.1 Å². The van der Waals surface area contributed by atoms with Gasteiger partial charge in [0.2, 0.25) is 0 Å². The lowest BCUT2D eigenvalue weighted by Crippen LogP contribution is -2.33. The lowest BCUT2D eigenvalue weighted by molar-refractivity contribution is -0.118. The molecule has 1 aromatic carbocycles. The number of allylic oxidation sites excluding steroid dienone is 2. The summed E-state index contributed by atoms with van der Waals surface area (Å²) in [5.74, 6) is 0.383. The van der Waals surface area contributed by atoms with Gasteiger partial charge in [0.05, 0.1) is 12.7 Å². The van der Waals surface area contributed by atoms with Gasteiger partial charge in [-0.2, -0.15) is 5.10 Å². The number of ketones is 1. The number of nitrogens with zero attached hydrogens (tertiary/aromatic N) is 1. The van der Waals surface area contributed by atoms with E-state index in [0.29, 0.717) is 12.0 Å². The molecule has 2 N–H and O–H groups in total. The van der Waals surface area contributed by atoms with Crippen LogP contribution in [0.25, 0.3) is 0 Å². The molecular weight excluding hydrogens is 342 g/mol. The molecule has 6 nitrogen and oxygen atoms in total. The van der Waals surface area contributed by atoms with E-state index >= 15 is 0 Å². The molecule has 2 aliphatic rings. The lowest BCUT2D eigenvalue weighted by Gasteiger charge is -2.38. The summed E-state index contributed by atoms with van der Waals surface area (Å²) in [6.07, 6.45) is 1.33. The molecule has 1 aliphatic carbocycles. The number of hydrogen-bond acceptors (Lipinski definition) is 5. The summed E-state index contributed by atoms with van der Waals surface area (Å²) < 4.78 is 4.78. The molecule has 1 aliphatic heterocycles. The summed E-state index contributed by atoms with van der Waals surface area (Å²) in [5.41, 5.74) is 5.08. The first kappa shape index (κ1) is 17.5. The van der Waals surface area contributed by atoms with Gasteiger partial charge in [-0.1, -0.05) is 26.0 Å². The number of Topliss-reactive ketones (excluding diaryl/α,β-unsaturated/α-hetero) is 1. The van der Waals surface area contributed by atoms with E-state index in [4.69, 9.17) is 4.74 Å². The van der Waals surface area contributed by atoms with Crippen LogP contribution in [-0.4, -0.2) is 29.1 Å². The Kier molecular flexibility index (Phi) is 3.94. The molecule has 0 bridgehead atoms. The number of aryl methyl sites for hydroxylation is 1. The molecule has 1 aromatic heterocycles. The van der Waals surface area contributed by atoms with E-state index < -0.39 is 0 Å². The molecule has 140 valence electrons. The SMILES string of the molecule is COC(=O)c1ccc([C@@H]2C3=C(CC(C)(C)CC3=O)Nc3n[nH]c(C)c32)cc1. The first-order valence-corrected chi connectivity index (χ1v) is 9.07. The third-order valence-corrected chi connectivity index (χ3v) is 5.43. The summed E-state index contributed by atoms with van der Waals surface area (Å²) in [6, 6.07) is 7.29. The van der Waals surface area contributed by atoms with Crippen molar-refractivity contribution in [2.24, 2.45) is 5.41 Å². The maximum atomic E-state index is 13.1. The number of methoxy groups -OCH3 is 1. The highest BCUT2D eigenvalue weighted by Gasteiger charge is 2.42. The molecule has 0 saturated heterocycles. The Morgan fingerprint density at radius 2 is 1.93 bits per heavy atom. The van der Waals surface area contributed by atoms with Gasteiger partial charge < -0.3 is 10.1 Å². The van der Waals surface area contributed by atoms with Gasteiger partial charge in [-0.3, -0.25) is 9.89 Å². The van der Waals surface area contributed by atoms with Crippen molar-refractivity contribution in [2.45, 2.75) is 39.5 Å². The molecule has 0 fully saturated rings. The third-order valence-electron chi connectivity index (χ3n) is 5.43. The van der Waals surface area contributed by atoms with Gasteiger partial charge in [-0.25, -0.2) is 4.79 Å². The Morgan fingerprint density at radius 3 is 2.59 bits per heavy atom. The number of carbonyl (C=O) groups is 2. The number of fused-ring (bicyclic) bond motifs is 1. The van der Waals surface area contributed by atoms with Crippen LogP contribution in [0.2, 0.25) is 0 Å². The zero-order valence-electron chi connectivity index (χ0n) is 16.0. The summed E-state index contributed by atoms with van der Waals surface area (Å²) in [5, 5.41) is 10.8. The number of benzene rings is 1. The van der Waals surface area contributed by atoms with E-state index in [1.165, 1.54) is 7.11 Å². The molecule has 0 amide bonds. The number of aromatic nitrogens is 2. The standard InChI is InChI=1S/C21H23N3O3/c1-11-16-17(12-5-7-13(8-6-12)20(26)27-4)18-14(22-19(16)24-23-11)9-21(2,3)10-15(18)25/h5-8,17H,9-10H2,1-4H3,(H2,22,23,24)/t17-/m0/s1. The Hall–Kier alpha value is -2.89. The quantitative estimate of drug-likeness (QED) is 0.793. The number of carbonyl (C=O) groups excluding carboxylic acids is 2. The predicted molar refractivity (Wildman–Crippen MR) is 102 cm³/mol. The maximum absolute atomic E-state index is 13.1. The minimum absolute atomic E-state index is 0.0783. The first-order valence-electron chi connectivity index (χ1n) is 9.07. The summed E-state index contributed by atoms with van der Waals surface area (Å²) >= 11 is 0. The van der Waals surface area contributed by atoms with Crippen molar-refractivity contribution in [1.82, 2.24) is 10.2 Å². The highest BCUT2D eigenvalue weighted by Crippen LogP contribution is 2.49. The van der Waals surface area contributed by atoms with Gasteiger partial charge in [0.1, 0.15) is 0 Å². The smallest absolute Gasteiger partial charge is 0.337 e. The number of ether oxygens (including phenoxy) is 1. The van der Waals surface area contributed by atoms with Crippen molar-refractivity contribution in [1.29, 1.82) is 0 Å². The molecule has 0 unspecified atom stereocenters. The minimum atomic E-state index is -0.373. The molecule has 2 aromatic rings. The highest BCUT2D eigenvalue weighted by molar-refractivity contribution is 6.01. The van der Waals surface area contributed by atoms with E-state index in [-0.39, 0.29) is 23.1 Å². The number of esters is 1. The lowest BCUT2D eigenvalue weighted by atomic mass is 9.69. The zero-order valence-corrected chi connectivity index (χ0v) is 16.0. The van der Waals surface area contributed by atoms with Gasteiger partial charge >= 0.3 is 5.97 Å². The minimum Gasteiger partial charge on any atom is -0.465 e. The van der Waals surface area contributed by atoms with Crippen molar-refractivity contribution in [2.75, 3.05) is 12.4 Å². The monoisotopic (exact) mass is 365 g/mol. The van der Waals surface area contributed by atoms with Crippen molar-refractivity contribution in [3.05, 3.63) is 57.9 Å². The van der Waals surface area contributed by atoms with Gasteiger partial charge in [0.25, 0.3) is 0 Å². The molecule has 0 radical (unpaired) electrons. The van der Waals surface area contributed by atoms with Gasteiger partial charge in [0.15, 0.2) is 11.6 Å². The number of anilines is 1. The van der Waals surface area contributed by atoms with Crippen LogP contribution >= 0.6 is 0 Å². The van der Waals surface area contributed by atoms with E-state index in [1.807, 2.05) is 19.1 Å². The fourth-order valence-electron chi connectivity index (χ4n) is 4.22. The van der Waals surface area contributed by atoms with E-state index in [0.717, 1.165) is 40.3 Å². The van der Waals surface area contributed by atoms with E-state index in [2.05, 4.69) is 29.4 Å². The predicted octanol–water partition coefficient (Wildman–Crippen LogP) is 3.71. The largest absolute Gasteiger partial charge is 0.465 e. The second-order valence-corrected chi connectivity index (χ2v) is 8.12. The number of aromatic amines is 1. The number of H-pyrrole nitrogens is 1. The zero-order chi connectivity index (χ0) is 19.3. The normalized spacial score (nSPS) is 20.6. The van der Waals surface area contributed by atoms with Crippen molar-refractivity contribution < 1.29 is 14.3 Å². The molecule has 0 spiro atoms. The second-order valence-electron chi connectivity index (χ2n) is 8.12. The molecule has 4 rings (SSSR count). The topological polar surface area (TPSA) is 84.1 Å². The van der Waals surface area contributed by atoms with Gasteiger partial charge in [0, 0.05) is 34.9 Å². The van der Waals surface area contributed by atoms with Crippen molar-refractivity contribution in [3.8, 4) is 0 Å². The van der Waals surface area contributed by atoms with Crippen molar-refractivity contribution in [3.63, 3.8) is 0 Å². The number of hydrogen-bond donors (Lipinski definition) is 2. The molecule has 1 atom stereocenters. The Morgan fingerprint density at radius 1 is 1.22 bits per heavy atom. The Balaban J connectivity index is 1.85. The van der Waals surface area contributed by atoms with Crippen LogP contribution in [0.5, 0.6) is 0 Å². The average molecular weight is 365 g/mol. The van der Waals surface area contributed by atoms with E-state index in [9.17, 15) is 9.59 Å². The highest BCUT2D eigenvalue weighted by atomic mass is 16.5. The fraction of sp³-hybridized carbons (Fsp3) is 0.381. The van der Waals surface area contributed by atoms with Gasteiger partial charge in [-0.05, 0) is 36.5 Å². The Labute approximate surface area is 158 Å². The van der Waals surface area contributed by atoms with Crippen LogP contribution in [0.15, 0.2) is 35.5 Å². The molecule has 2 heterocycles. The van der Waals surface area contributed by atoms with Crippen LogP contribution in [-0.2, 0) is 9.53 Å². The molecule has 27 heavy (non-hydrogen) atoms. The van der Waals surface area contributed by atoms with Crippen molar-refractivity contribution >= 4 is 17.6 Å². The maximum Gasteiger partial charge on any atom is 0.337 e. The fourth-order valence-corrected chi connectivity index (χ4v) is 4.22. The first-order chi connectivity index (χ1) is 12.8. The Bertz CT molecular complexity index is 967. The molecular formula is C21H23N3O3. The van der Waals surface area contributed by atoms with Crippen LogP contribution in [0, 0.1) is 12.3 Å². The van der Waals surface area contributed by atoms with Crippen LogP contribution in [0.3, 0.4) is 0 Å². The molecule has 6 heteroatoms. The number of nitrogens with one attached hydrogen (secondary N) is 2. The van der Waals surface area contributed by atoms with Gasteiger partial charge in [-0.15, -0.1) is 0 Å². The second kappa shape index (κ2) is 6.08.